The number of hydrogen-bond donors (Lipinski definition) is 2. The second-order valence-electron chi connectivity index (χ2n) is 4.67. The summed E-state index contributed by atoms with van der Waals surface area (Å²) in [5, 5.41) is 25.8. The summed E-state index contributed by atoms with van der Waals surface area (Å²) < 4.78 is 1.64. The maximum Gasteiger partial charge on any atom is 0.205 e. The molecule has 6 nitrogen and oxygen atoms in total. The summed E-state index contributed by atoms with van der Waals surface area (Å²) in [6, 6.07) is 8.18. The zero-order chi connectivity index (χ0) is 16.2. The summed E-state index contributed by atoms with van der Waals surface area (Å²) >= 11 is 1.41. The Hall–Kier alpha value is -2.93. The smallest absolute Gasteiger partial charge is 0.205 e. The minimum absolute atomic E-state index is 0.00675. The summed E-state index contributed by atoms with van der Waals surface area (Å²) in [5.74, 6) is -0.0110. The molecule has 1 aromatic carbocycles. The molecule has 2 N–H and O–H groups in total. The molecule has 116 valence electrons. The van der Waals surface area contributed by atoms with Gasteiger partial charge in [0.25, 0.3) is 0 Å². The van der Waals surface area contributed by atoms with E-state index in [4.69, 9.17) is 0 Å². The molecule has 23 heavy (non-hydrogen) atoms. The molecule has 3 aromatic rings. The van der Waals surface area contributed by atoms with Gasteiger partial charge in [0.15, 0.2) is 0 Å². The summed E-state index contributed by atoms with van der Waals surface area (Å²) in [4.78, 5) is 8.93. The van der Waals surface area contributed by atoms with Gasteiger partial charge in [-0.15, -0.1) is 11.3 Å². The Labute approximate surface area is 136 Å². The van der Waals surface area contributed by atoms with Gasteiger partial charge in [-0.3, -0.25) is 9.98 Å². The van der Waals surface area contributed by atoms with Gasteiger partial charge in [0.1, 0.15) is 11.5 Å². The highest BCUT2D eigenvalue weighted by Crippen LogP contribution is 2.32. The van der Waals surface area contributed by atoms with E-state index >= 15 is 0 Å². The van der Waals surface area contributed by atoms with Crippen LogP contribution in [0.1, 0.15) is 5.56 Å². The largest absolute Gasteiger partial charge is 0.508 e. The first-order valence-electron chi connectivity index (χ1n) is 6.79. The molecule has 0 saturated heterocycles. The van der Waals surface area contributed by atoms with Crippen molar-refractivity contribution in [2.45, 2.75) is 0 Å². The molecule has 0 aliphatic rings. The summed E-state index contributed by atoms with van der Waals surface area (Å²) in [5.41, 5.74) is 2.11. The number of phenols is 2. The maximum atomic E-state index is 10.1. The molecule has 0 radical (unpaired) electrons. The summed E-state index contributed by atoms with van der Waals surface area (Å²) in [7, 11) is 1.68. The van der Waals surface area contributed by atoms with Gasteiger partial charge in [0, 0.05) is 42.0 Å². The second kappa shape index (κ2) is 6.45. The molecular formula is C16H14N4O2S. The van der Waals surface area contributed by atoms with Crippen LogP contribution in [0.5, 0.6) is 11.5 Å². The summed E-state index contributed by atoms with van der Waals surface area (Å²) in [6.07, 6.45) is 5.08. The van der Waals surface area contributed by atoms with E-state index in [-0.39, 0.29) is 11.5 Å². The van der Waals surface area contributed by atoms with Crippen LogP contribution in [0, 0.1) is 0 Å². The van der Waals surface area contributed by atoms with E-state index in [0.29, 0.717) is 16.1 Å². The Balaban J connectivity index is 2.10. The third kappa shape index (κ3) is 3.14. The number of hydrogen-bond acceptors (Lipinski definition) is 6. The van der Waals surface area contributed by atoms with Crippen LogP contribution >= 0.6 is 11.3 Å². The van der Waals surface area contributed by atoms with Crippen molar-refractivity contribution in [3.05, 3.63) is 58.5 Å². The van der Waals surface area contributed by atoms with Crippen LogP contribution in [0.2, 0.25) is 0 Å². The van der Waals surface area contributed by atoms with E-state index in [1.807, 2.05) is 17.5 Å². The zero-order valence-electron chi connectivity index (χ0n) is 12.3. The molecule has 7 heteroatoms. The molecule has 0 unspecified atom stereocenters. The second-order valence-corrected chi connectivity index (χ2v) is 5.51. The Kier molecular flexibility index (Phi) is 4.20. The molecule has 0 amide bonds. The van der Waals surface area contributed by atoms with Crippen molar-refractivity contribution >= 4 is 17.6 Å². The number of phenolic OH excluding ortho intramolecular Hbond substituents is 2. The first kappa shape index (κ1) is 15.0. The topological polar surface area (TPSA) is 83.0 Å². The van der Waals surface area contributed by atoms with Crippen molar-refractivity contribution < 1.29 is 10.2 Å². The van der Waals surface area contributed by atoms with Gasteiger partial charge in [-0.2, -0.15) is 5.10 Å². The van der Waals surface area contributed by atoms with E-state index in [9.17, 15) is 10.2 Å². The predicted molar refractivity (Wildman–Crippen MR) is 89.8 cm³/mol. The average molecular weight is 326 g/mol. The molecular weight excluding hydrogens is 312 g/mol. The van der Waals surface area contributed by atoms with Crippen molar-refractivity contribution in [1.29, 1.82) is 0 Å². The van der Waals surface area contributed by atoms with E-state index < -0.39 is 0 Å². The van der Waals surface area contributed by atoms with E-state index in [1.54, 1.807) is 36.4 Å². The molecule has 0 aliphatic heterocycles. The predicted octanol–water partition coefficient (Wildman–Crippen LogP) is 2.44. The van der Waals surface area contributed by atoms with Crippen LogP contribution in [0.25, 0.3) is 11.3 Å². The quantitative estimate of drug-likeness (QED) is 0.725. The lowest BCUT2D eigenvalue weighted by Gasteiger charge is -2.06. The zero-order valence-corrected chi connectivity index (χ0v) is 13.1. The van der Waals surface area contributed by atoms with Crippen molar-refractivity contribution in [3.63, 3.8) is 0 Å². The molecule has 0 aliphatic carbocycles. The fourth-order valence-electron chi connectivity index (χ4n) is 2.06. The van der Waals surface area contributed by atoms with Crippen LogP contribution in [0.15, 0.2) is 58.2 Å². The molecule has 0 fully saturated rings. The monoisotopic (exact) mass is 326 g/mol. The Morgan fingerprint density at radius 3 is 2.83 bits per heavy atom. The SMILES string of the molecule is CN=c1scc(-c2ccc(O)cc2O)n1/N=C/c1cccnc1. The molecule has 3 rings (SSSR count). The average Bonchev–Trinajstić information content (AvgIpc) is 2.96. The number of pyridine rings is 1. The third-order valence-corrected chi connectivity index (χ3v) is 4.05. The highest BCUT2D eigenvalue weighted by atomic mass is 32.1. The van der Waals surface area contributed by atoms with E-state index in [2.05, 4.69) is 15.1 Å². The van der Waals surface area contributed by atoms with Gasteiger partial charge >= 0.3 is 0 Å². The molecule has 0 saturated carbocycles. The minimum atomic E-state index is -0.0178. The Morgan fingerprint density at radius 2 is 2.13 bits per heavy atom. The lowest BCUT2D eigenvalue weighted by Crippen LogP contribution is -2.11. The molecule has 0 bridgehead atoms. The lowest BCUT2D eigenvalue weighted by molar-refractivity contribution is 0.451. The Morgan fingerprint density at radius 1 is 1.26 bits per heavy atom. The number of benzene rings is 1. The fraction of sp³-hybridized carbons (Fsp3) is 0.0625. The van der Waals surface area contributed by atoms with Crippen molar-refractivity contribution in [1.82, 2.24) is 9.66 Å². The fourth-order valence-corrected chi connectivity index (χ4v) is 2.86. The summed E-state index contributed by atoms with van der Waals surface area (Å²) in [6.45, 7) is 0. The Bertz CT molecular complexity index is 913. The molecule has 0 spiro atoms. The minimum Gasteiger partial charge on any atom is -0.508 e. The number of aromatic nitrogens is 2. The van der Waals surface area contributed by atoms with Crippen LogP contribution in [-0.4, -0.2) is 33.1 Å². The number of aromatic hydroxyl groups is 2. The number of rotatable bonds is 3. The number of thiazole rings is 1. The van der Waals surface area contributed by atoms with Crippen molar-refractivity contribution in [2.75, 3.05) is 7.05 Å². The van der Waals surface area contributed by atoms with Gasteiger partial charge in [-0.1, -0.05) is 6.07 Å². The van der Waals surface area contributed by atoms with Gasteiger partial charge in [0.05, 0.1) is 11.9 Å². The molecule has 0 atom stereocenters. The van der Waals surface area contributed by atoms with Gasteiger partial charge in [0.2, 0.25) is 4.80 Å². The highest BCUT2D eigenvalue weighted by Gasteiger charge is 2.11. The van der Waals surface area contributed by atoms with Crippen LogP contribution in [-0.2, 0) is 0 Å². The van der Waals surface area contributed by atoms with Crippen molar-refractivity contribution in [3.8, 4) is 22.8 Å². The standard InChI is InChI=1S/C16H14N4O2S/c1-17-16-20(19-9-11-3-2-6-18-8-11)14(10-23-16)13-5-4-12(21)7-15(13)22/h2-10,21-22H,1H3/b17-16?,19-9+. The van der Waals surface area contributed by atoms with Gasteiger partial charge in [-0.05, 0) is 18.2 Å². The first-order chi connectivity index (χ1) is 11.2. The van der Waals surface area contributed by atoms with Crippen LogP contribution in [0.3, 0.4) is 0 Å². The van der Waals surface area contributed by atoms with Crippen LogP contribution < -0.4 is 4.80 Å². The maximum absolute atomic E-state index is 10.1. The number of nitrogens with zero attached hydrogens (tertiary/aromatic N) is 4. The van der Waals surface area contributed by atoms with Crippen LogP contribution in [0.4, 0.5) is 0 Å². The van der Waals surface area contributed by atoms with Gasteiger partial charge in [-0.25, -0.2) is 4.68 Å². The lowest BCUT2D eigenvalue weighted by atomic mass is 10.1. The first-order valence-corrected chi connectivity index (χ1v) is 7.67. The third-order valence-electron chi connectivity index (χ3n) is 3.14. The van der Waals surface area contributed by atoms with Crippen molar-refractivity contribution in [2.24, 2.45) is 10.1 Å². The normalized spacial score (nSPS) is 12.1. The van der Waals surface area contributed by atoms with E-state index in [0.717, 1.165) is 5.56 Å². The highest BCUT2D eigenvalue weighted by molar-refractivity contribution is 7.07. The molecule has 2 heterocycles. The van der Waals surface area contributed by atoms with E-state index in [1.165, 1.54) is 23.5 Å². The molecule has 2 aromatic heterocycles. The van der Waals surface area contributed by atoms with Gasteiger partial charge < -0.3 is 10.2 Å².